The Balaban J connectivity index is 1.18. The van der Waals surface area contributed by atoms with E-state index >= 15 is 4.39 Å². The number of rotatable bonds is 6. The van der Waals surface area contributed by atoms with Crippen LogP contribution < -0.4 is 5.32 Å². The van der Waals surface area contributed by atoms with E-state index in [1.54, 1.807) is 24.4 Å². The molecular weight excluding hydrogens is 538 g/mol. The molecule has 2 aliphatic rings. The number of imidazole rings is 1. The standard InChI is InChI=1S/C31H36F2N8O/c1-5-39-11-8-31(9-12-39)10-13-40(18-31)29(42)21-6-7-26(34-16-21)37-30-35-17-24(33)27(38-30)22-14-23(32)28-25(15-22)41(19(2)3)20(4)36-28/h6-7,14-17,19H,5,8-13,18H2,1-4H3,(H,34,35,37,38). The maximum Gasteiger partial charge on any atom is 0.255 e. The minimum atomic E-state index is -0.677. The second kappa shape index (κ2) is 11.0. The molecule has 6 rings (SSSR count). The molecule has 1 spiro atoms. The second-order valence-electron chi connectivity index (χ2n) is 11.8. The van der Waals surface area contributed by atoms with Gasteiger partial charge in [-0.3, -0.25) is 4.79 Å². The van der Waals surface area contributed by atoms with Gasteiger partial charge in [-0.15, -0.1) is 0 Å². The zero-order valence-corrected chi connectivity index (χ0v) is 24.5. The van der Waals surface area contributed by atoms with Crippen LogP contribution >= 0.6 is 0 Å². The summed E-state index contributed by atoms with van der Waals surface area (Å²) in [4.78, 5) is 34.8. The predicted octanol–water partition coefficient (Wildman–Crippen LogP) is 5.75. The van der Waals surface area contributed by atoms with Crippen molar-refractivity contribution in [1.82, 2.24) is 34.3 Å². The van der Waals surface area contributed by atoms with E-state index < -0.39 is 11.6 Å². The van der Waals surface area contributed by atoms with Crippen LogP contribution in [-0.2, 0) is 0 Å². The van der Waals surface area contributed by atoms with Crippen molar-refractivity contribution in [1.29, 1.82) is 0 Å². The van der Waals surface area contributed by atoms with Crippen molar-refractivity contribution in [2.24, 2.45) is 5.41 Å². The van der Waals surface area contributed by atoms with Gasteiger partial charge in [0.25, 0.3) is 5.91 Å². The zero-order valence-electron chi connectivity index (χ0n) is 24.5. The molecule has 2 aliphatic heterocycles. The van der Waals surface area contributed by atoms with Gasteiger partial charge in [0.15, 0.2) is 11.6 Å². The topological polar surface area (TPSA) is 92.1 Å². The fraction of sp³-hybridized carbons (Fsp3) is 0.452. The Morgan fingerprint density at radius 1 is 1.02 bits per heavy atom. The van der Waals surface area contributed by atoms with E-state index in [0.29, 0.717) is 22.7 Å². The van der Waals surface area contributed by atoms with E-state index in [1.165, 1.54) is 6.07 Å². The summed E-state index contributed by atoms with van der Waals surface area (Å²) in [5.74, 6) is -0.0522. The Hall–Kier alpha value is -3.99. The first-order valence-corrected chi connectivity index (χ1v) is 14.6. The van der Waals surface area contributed by atoms with Gasteiger partial charge >= 0.3 is 0 Å². The number of aromatic nitrogens is 5. The number of benzene rings is 1. The molecule has 2 saturated heterocycles. The summed E-state index contributed by atoms with van der Waals surface area (Å²) in [6.45, 7) is 12.8. The summed E-state index contributed by atoms with van der Waals surface area (Å²) in [7, 11) is 0. The fourth-order valence-electron chi connectivity index (χ4n) is 6.44. The van der Waals surface area contributed by atoms with Crippen molar-refractivity contribution >= 4 is 28.7 Å². The van der Waals surface area contributed by atoms with Crippen molar-refractivity contribution in [3.63, 3.8) is 0 Å². The number of fused-ring (bicyclic) bond motifs is 1. The lowest BCUT2D eigenvalue weighted by atomic mass is 9.78. The Bertz CT molecular complexity index is 1630. The quantitative estimate of drug-likeness (QED) is 0.314. The lowest BCUT2D eigenvalue weighted by Gasteiger charge is -2.38. The van der Waals surface area contributed by atoms with E-state index in [-0.39, 0.29) is 40.1 Å². The first-order valence-electron chi connectivity index (χ1n) is 14.6. The van der Waals surface area contributed by atoms with Crippen molar-refractivity contribution in [2.45, 2.75) is 53.0 Å². The van der Waals surface area contributed by atoms with E-state index in [9.17, 15) is 9.18 Å². The summed E-state index contributed by atoms with van der Waals surface area (Å²) in [6.07, 6.45) is 5.89. The number of carbonyl (C=O) groups is 1. The van der Waals surface area contributed by atoms with Crippen LogP contribution in [-0.4, -0.2) is 72.9 Å². The Morgan fingerprint density at radius 2 is 1.79 bits per heavy atom. The molecule has 2 fully saturated rings. The summed E-state index contributed by atoms with van der Waals surface area (Å²) < 4.78 is 31.8. The molecule has 0 unspecified atom stereocenters. The van der Waals surface area contributed by atoms with Crippen molar-refractivity contribution in [3.8, 4) is 11.3 Å². The zero-order chi connectivity index (χ0) is 29.6. The molecule has 1 amide bonds. The van der Waals surface area contributed by atoms with Gasteiger partial charge in [-0.1, -0.05) is 6.92 Å². The van der Waals surface area contributed by atoms with E-state index in [0.717, 1.165) is 58.2 Å². The van der Waals surface area contributed by atoms with Gasteiger partial charge in [0.1, 0.15) is 22.9 Å². The lowest BCUT2D eigenvalue weighted by molar-refractivity contribution is 0.0724. The van der Waals surface area contributed by atoms with Crippen LogP contribution in [0, 0.1) is 24.0 Å². The highest BCUT2D eigenvalue weighted by molar-refractivity contribution is 5.94. The average molecular weight is 575 g/mol. The number of carbonyl (C=O) groups excluding carboxylic acids is 1. The summed E-state index contributed by atoms with van der Waals surface area (Å²) in [5.41, 5.74) is 1.80. The third-order valence-corrected chi connectivity index (χ3v) is 8.80. The normalized spacial score (nSPS) is 17.1. The molecule has 0 aliphatic carbocycles. The summed E-state index contributed by atoms with van der Waals surface area (Å²) >= 11 is 0. The van der Waals surface area contributed by atoms with Crippen LogP contribution in [0.2, 0.25) is 0 Å². The summed E-state index contributed by atoms with van der Waals surface area (Å²) in [5, 5.41) is 2.98. The SMILES string of the molecule is CCN1CCC2(CC1)CCN(C(=O)c1ccc(Nc3ncc(F)c(-c4cc(F)c5nc(C)n(C(C)C)c5c4)n3)nc1)C2. The smallest absolute Gasteiger partial charge is 0.255 e. The van der Waals surface area contributed by atoms with Crippen LogP contribution in [0.3, 0.4) is 0 Å². The number of amides is 1. The molecule has 9 nitrogen and oxygen atoms in total. The number of hydrogen-bond acceptors (Lipinski definition) is 7. The van der Waals surface area contributed by atoms with E-state index in [2.05, 4.69) is 37.1 Å². The average Bonchev–Trinajstić information content (AvgIpc) is 3.55. The molecule has 11 heteroatoms. The predicted molar refractivity (Wildman–Crippen MR) is 158 cm³/mol. The molecule has 220 valence electrons. The number of nitrogens with one attached hydrogen (secondary N) is 1. The molecule has 0 bridgehead atoms. The van der Waals surface area contributed by atoms with Gasteiger partial charge in [-0.2, -0.15) is 0 Å². The minimum absolute atomic E-state index is 0.0162. The fourth-order valence-corrected chi connectivity index (χ4v) is 6.44. The van der Waals surface area contributed by atoms with Crippen LogP contribution in [0.4, 0.5) is 20.5 Å². The van der Waals surface area contributed by atoms with Gasteiger partial charge < -0.3 is 19.7 Å². The second-order valence-corrected chi connectivity index (χ2v) is 11.8. The van der Waals surface area contributed by atoms with Crippen molar-refractivity contribution in [3.05, 3.63) is 59.7 Å². The van der Waals surface area contributed by atoms with Crippen LogP contribution in [0.5, 0.6) is 0 Å². The minimum Gasteiger partial charge on any atom is -0.338 e. The maximum absolute atomic E-state index is 15.0. The van der Waals surface area contributed by atoms with E-state index in [1.807, 2.05) is 30.2 Å². The third-order valence-electron chi connectivity index (χ3n) is 8.80. The number of hydrogen-bond donors (Lipinski definition) is 1. The van der Waals surface area contributed by atoms with Gasteiger partial charge in [0.05, 0.1) is 17.3 Å². The van der Waals surface area contributed by atoms with Gasteiger partial charge in [-0.05, 0) is 89.3 Å². The third kappa shape index (κ3) is 5.21. The number of halogens is 2. The van der Waals surface area contributed by atoms with E-state index in [4.69, 9.17) is 0 Å². The van der Waals surface area contributed by atoms with Crippen LogP contribution in [0.15, 0.2) is 36.7 Å². The molecule has 0 saturated carbocycles. The number of aryl methyl sites for hydroxylation is 1. The van der Waals surface area contributed by atoms with Gasteiger partial charge in [-0.25, -0.2) is 28.7 Å². The van der Waals surface area contributed by atoms with Crippen molar-refractivity contribution in [2.75, 3.05) is 38.0 Å². The highest BCUT2D eigenvalue weighted by Crippen LogP contribution is 2.40. The molecule has 0 radical (unpaired) electrons. The molecule has 42 heavy (non-hydrogen) atoms. The van der Waals surface area contributed by atoms with Crippen LogP contribution in [0.25, 0.3) is 22.3 Å². The molecule has 5 heterocycles. The largest absolute Gasteiger partial charge is 0.338 e. The van der Waals surface area contributed by atoms with Gasteiger partial charge in [0, 0.05) is 30.9 Å². The molecule has 0 atom stereocenters. The molecule has 1 aromatic carbocycles. The Morgan fingerprint density at radius 3 is 2.48 bits per heavy atom. The number of pyridine rings is 1. The first-order chi connectivity index (χ1) is 20.2. The number of anilines is 2. The Labute approximate surface area is 244 Å². The molecular formula is C31H36F2N8O. The lowest BCUT2D eigenvalue weighted by Crippen LogP contribution is -2.42. The van der Waals surface area contributed by atoms with Crippen molar-refractivity contribution < 1.29 is 13.6 Å². The summed E-state index contributed by atoms with van der Waals surface area (Å²) in [6, 6.07) is 6.39. The Kier molecular flexibility index (Phi) is 7.38. The highest BCUT2D eigenvalue weighted by atomic mass is 19.1. The van der Waals surface area contributed by atoms with Gasteiger partial charge in [0.2, 0.25) is 5.95 Å². The monoisotopic (exact) mass is 574 g/mol. The van der Waals surface area contributed by atoms with Crippen LogP contribution in [0.1, 0.15) is 62.3 Å². The number of piperidine rings is 1. The number of nitrogens with zero attached hydrogens (tertiary/aromatic N) is 7. The molecule has 1 N–H and O–H groups in total. The first kappa shape index (κ1) is 28.1. The highest BCUT2D eigenvalue weighted by Gasteiger charge is 2.42. The number of likely N-dealkylation sites (tertiary alicyclic amines) is 2. The maximum atomic E-state index is 15.0. The molecule has 3 aromatic heterocycles. The molecule has 4 aromatic rings.